The summed E-state index contributed by atoms with van der Waals surface area (Å²) in [5, 5.41) is 2.94. The molecule has 0 aromatic heterocycles. The quantitative estimate of drug-likeness (QED) is 0.176. The number of carbonyl (C=O) groups is 2. The molecule has 1 saturated heterocycles. The van der Waals surface area contributed by atoms with Gasteiger partial charge in [0.2, 0.25) is 5.91 Å². The van der Waals surface area contributed by atoms with Crippen LogP contribution in [0, 0.1) is 6.92 Å². The minimum atomic E-state index is -0.644. The molecule has 1 aromatic carbocycles. The van der Waals surface area contributed by atoms with E-state index in [1.807, 2.05) is 43.1 Å². The van der Waals surface area contributed by atoms with E-state index in [0.717, 1.165) is 29.8 Å². The van der Waals surface area contributed by atoms with Crippen LogP contribution in [0.15, 0.2) is 45.6 Å². The maximum Gasteiger partial charge on any atom is 0.237 e. The van der Waals surface area contributed by atoms with Crippen molar-refractivity contribution in [3.05, 3.63) is 41.3 Å². The summed E-state index contributed by atoms with van der Waals surface area (Å²) >= 11 is 1.34. The van der Waals surface area contributed by atoms with E-state index < -0.39 is 6.04 Å². The smallest absolute Gasteiger partial charge is 0.237 e. The van der Waals surface area contributed by atoms with Gasteiger partial charge >= 0.3 is 0 Å². The molecule has 2 atom stereocenters. The van der Waals surface area contributed by atoms with Crippen molar-refractivity contribution in [2.24, 2.45) is 16.5 Å². The van der Waals surface area contributed by atoms with Crippen molar-refractivity contribution >= 4 is 29.4 Å². The molecule has 0 saturated carbocycles. The number of hydrogen-bond donors (Lipinski definition) is 3. The molecule has 7 nitrogen and oxygen atoms in total. The maximum atomic E-state index is 13.1. The van der Waals surface area contributed by atoms with E-state index in [4.69, 9.17) is 11.5 Å². The van der Waals surface area contributed by atoms with Crippen LogP contribution >= 0.6 is 11.8 Å². The molecular formula is C21H31N5O2S. The lowest BCUT2D eigenvalue weighted by Crippen LogP contribution is -2.48. The second-order valence-corrected chi connectivity index (χ2v) is 8.44. The van der Waals surface area contributed by atoms with Crippen LogP contribution in [0.4, 0.5) is 0 Å². The molecule has 5 N–H and O–H groups in total. The standard InChI is InChI=1S/C21H31N5O2S/c1-14-8-4-5-11-18(14)29-15(2)19(27)16(9-6-12-24-21(22)23)25-20(28)17-10-7-13-26(17)3/h4-5,8,11,16-17H,2,6-7,9-10,12-13H2,1,3H3,(H,25,28)(H4,22,23,24). The first-order valence-electron chi connectivity index (χ1n) is 9.82. The largest absolute Gasteiger partial charge is 0.370 e. The van der Waals surface area contributed by atoms with Crippen LogP contribution in [0.1, 0.15) is 31.2 Å². The Hall–Kier alpha value is -2.32. The van der Waals surface area contributed by atoms with Crippen molar-refractivity contribution in [2.45, 2.75) is 49.6 Å². The molecule has 29 heavy (non-hydrogen) atoms. The lowest BCUT2D eigenvalue weighted by Gasteiger charge is -2.23. The summed E-state index contributed by atoms with van der Waals surface area (Å²) in [7, 11) is 1.93. The predicted octanol–water partition coefficient (Wildman–Crippen LogP) is 1.80. The van der Waals surface area contributed by atoms with Crippen LogP contribution in [-0.4, -0.2) is 54.8 Å². The van der Waals surface area contributed by atoms with Gasteiger partial charge in [-0.3, -0.25) is 19.5 Å². The summed E-state index contributed by atoms with van der Waals surface area (Å²) in [6, 6.07) is 6.99. The number of nitrogens with two attached hydrogens (primary N) is 2. The van der Waals surface area contributed by atoms with Crippen LogP contribution < -0.4 is 16.8 Å². The Balaban J connectivity index is 2.06. The van der Waals surface area contributed by atoms with E-state index in [1.165, 1.54) is 11.8 Å². The fourth-order valence-electron chi connectivity index (χ4n) is 3.33. The normalized spacial score (nSPS) is 17.5. The molecular weight excluding hydrogens is 386 g/mol. The van der Waals surface area contributed by atoms with Gasteiger partial charge in [0.25, 0.3) is 0 Å². The molecule has 1 amide bonds. The van der Waals surface area contributed by atoms with Gasteiger partial charge in [0, 0.05) is 11.4 Å². The summed E-state index contributed by atoms with van der Waals surface area (Å²) in [4.78, 5) is 33.2. The number of Topliss-reactive ketones (excluding diaryl/α,β-unsaturated/α-hetero) is 1. The van der Waals surface area contributed by atoms with Gasteiger partial charge in [0.05, 0.1) is 17.0 Å². The number of guanidine groups is 1. The van der Waals surface area contributed by atoms with Gasteiger partial charge in [-0.1, -0.05) is 36.5 Å². The van der Waals surface area contributed by atoms with Crippen LogP contribution in [-0.2, 0) is 9.59 Å². The predicted molar refractivity (Wildman–Crippen MR) is 119 cm³/mol. The summed E-state index contributed by atoms with van der Waals surface area (Å²) in [5.41, 5.74) is 11.8. The Kier molecular flexibility index (Phi) is 8.72. The van der Waals surface area contributed by atoms with Crippen LogP contribution in [0.2, 0.25) is 0 Å². The molecule has 1 aromatic rings. The lowest BCUT2D eigenvalue weighted by molar-refractivity contribution is -0.129. The number of rotatable bonds is 10. The van der Waals surface area contributed by atoms with E-state index in [-0.39, 0.29) is 23.7 Å². The molecule has 2 unspecified atom stereocenters. The van der Waals surface area contributed by atoms with Crippen molar-refractivity contribution in [2.75, 3.05) is 20.1 Å². The number of benzene rings is 1. The van der Waals surface area contributed by atoms with Crippen molar-refractivity contribution < 1.29 is 9.59 Å². The molecule has 0 radical (unpaired) electrons. The number of amides is 1. The van der Waals surface area contributed by atoms with E-state index in [1.54, 1.807) is 0 Å². The first kappa shape index (κ1) is 23.0. The zero-order chi connectivity index (χ0) is 21.4. The average Bonchev–Trinajstić information content (AvgIpc) is 3.11. The number of thioether (sulfide) groups is 1. The van der Waals surface area contributed by atoms with Gasteiger partial charge in [-0.25, -0.2) is 0 Å². The van der Waals surface area contributed by atoms with Gasteiger partial charge in [-0.2, -0.15) is 0 Å². The summed E-state index contributed by atoms with van der Waals surface area (Å²) in [5.74, 6) is -0.264. The Morgan fingerprint density at radius 1 is 1.38 bits per heavy atom. The number of nitrogens with one attached hydrogen (secondary N) is 1. The van der Waals surface area contributed by atoms with Crippen LogP contribution in [0.25, 0.3) is 0 Å². The van der Waals surface area contributed by atoms with Crippen molar-refractivity contribution in [1.82, 2.24) is 10.2 Å². The summed E-state index contributed by atoms with van der Waals surface area (Å²) in [6.07, 6.45) is 2.81. The van der Waals surface area contributed by atoms with E-state index in [2.05, 4.69) is 16.9 Å². The van der Waals surface area contributed by atoms with E-state index in [9.17, 15) is 9.59 Å². The number of aliphatic imine (C=N–C) groups is 1. The first-order valence-corrected chi connectivity index (χ1v) is 10.6. The van der Waals surface area contributed by atoms with Crippen LogP contribution in [0.5, 0.6) is 0 Å². The van der Waals surface area contributed by atoms with Crippen molar-refractivity contribution in [3.63, 3.8) is 0 Å². The zero-order valence-electron chi connectivity index (χ0n) is 17.2. The highest BCUT2D eigenvalue weighted by Gasteiger charge is 2.31. The number of likely N-dealkylation sites (tertiary alicyclic amines) is 1. The minimum Gasteiger partial charge on any atom is -0.370 e. The molecule has 1 aliphatic heterocycles. The maximum absolute atomic E-state index is 13.1. The SMILES string of the molecule is C=C(Sc1ccccc1C)C(=O)C(CCCN=C(N)N)NC(=O)C1CCCN1C. The van der Waals surface area contributed by atoms with Gasteiger partial charge < -0.3 is 16.8 Å². The highest BCUT2D eigenvalue weighted by atomic mass is 32.2. The van der Waals surface area contributed by atoms with Crippen molar-refractivity contribution in [3.8, 4) is 0 Å². The molecule has 1 aliphatic rings. The molecule has 1 heterocycles. The second-order valence-electron chi connectivity index (χ2n) is 7.30. The molecule has 1 fully saturated rings. The Morgan fingerprint density at radius 2 is 2.10 bits per heavy atom. The molecule has 158 valence electrons. The van der Waals surface area contributed by atoms with Gasteiger partial charge in [-0.15, -0.1) is 0 Å². The number of ketones is 1. The average molecular weight is 418 g/mol. The molecule has 8 heteroatoms. The molecule has 0 aliphatic carbocycles. The first-order chi connectivity index (χ1) is 13.8. The second kappa shape index (κ2) is 11.0. The number of likely N-dealkylation sites (N-methyl/N-ethyl adjacent to an activating group) is 1. The van der Waals surface area contributed by atoms with Gasteiger partial charge in [-0.05, 0) is 57.8 Å². The van der Waals surface area contributed by atoms with Crippen LogP contribution in [0.3, 0.4) is 0 Å². The number of hydrogen-bond acceptors (Lipinski definition) is 5. The third-order valence-electron chi connectivity index (χ3n) is 5.00. The molecule has 0 bridgehead atoms. The Morgan fingerprint density at radius 3 is 2.72 bits per heavy atom. The zero-order valence-corrected chi connectivity index (χ0v) is 18.0. The highest BCUT2D eigenvalue weighted by molar-refractivity contribution is 8.04. The number of nitrogens with zero attached hydrogens (tertiary/aromatic N) is 2. The Labute approximate surface area is 177 Å². The third kappa shape index (κ3) is 6.90. The van der Waals surface area contributed by atoms with E-state index >= 15 is 0 Å². The highest BCUT2D eigenvalue weighted by Crippen LogP contribution is 2.29. The van der Waals surface area contributed by atoms with Gasteiger partial charge in [0.15, 0.2) is 11.7 Å². The minimum absolute atomic E-state index is 0.0176. The van der Waals surface area contributed by atoms with Crippen molar-refractivity contribution in [1.29, 1.82) is 0 Å². The topological polar surface area (TPSA) is 114 Å². The lowest BCUT2D eigenvalue weighted by atomic mass is 10.1. The fourth-order valence-corrected chi connectivity index (χ4v) is 4.21. The third-order valence-corrected chi connectivity index (χ3v) is 6.13. The number of aryl methyl sites for hydroxylation is 1. The number of carbonyl (C=O) groups excluding carboxylic acids is 2. The molecule has 0 spiro atoms. The monoisotopic (exact) mass is 417 g/mol. The molecule has 2 rings (SSSR count). The van der Waals surface area contributed by atoms with E-state index in [0.29, 0.717) is 24.3 Å². The summed E-state index contributed by atoms with van der Waals surface area (Å²) < 4.78 is 0. The Bertz CT molecular complexity index is 776. The van der Waals surface area contributed by atoms with Gasteiger partial charge in [0.1, 0.15) is 0 Å². The fraction of sp³-hybridized carbons (Fsp3) is 0.476. The summed E-state index contributed by atoms with van der Waals surface area (Å²) in [6.45, 7) is 7.25.